The minimum absolute atomic E-state index is 0.982. The summed E-state index contributed by atoms with van der Waals surface area (Å²) in [6.07, 6.45) is 2.21. The normalized spacial score (nSPS) is 12.9. The molecule has 4 aromatic carbocycles. The average molecular weight is 449 g/mol. The first kappa shape index (κ1) is 20.4. The highest BCUT2D eigenvalue weighted by Gasteiger charge is 2.33. The summed E-state index contributed by atoms with van der Waals surface area (Å²) in [5.74, 6) is 1.99. The predicted octanol–water partition coefficient (Wildman–Crippen LogP) is 7.21. The number of aryl methyl sites for hydroxylation is 4. The molecule has 3 heteroatoms. The minimum atomic E-state index is -1.52. The molecule has 0 saturated heterocycles. The van der Waals surface area contributed by atoms with E-state index in [0.717, 1.165) is 11.5 Å². The Balaban J connectivity index is 1.83. The van der Waals surface area contributed by atoms with Crippen molar-refractivity contribution in [2.24, 2.45) is 7.05 Å². The SMILES string of the molecule is Cc1ccc2c(C)c3c(c(C)c2c1)-c1c2c(cc4c([Si](C)(C)C)cccc4c2cc[n+]1C)O3. The summed E-state index contributed by atoms with van der Waals surface area (Å²) < 4.78 is 9.11. The van der Waals surface area contributed by atoms with E-state index in [1.807, 2.05) is 0 Å². The van der Waals surface area contributed by atoms with Crippen LogP contribution in [0.1, 0.15) is 16.7 Å². The van der Waals surface area contributed by atoms with E-state index in [-0.39, 0.29) is 0 Å². The van der Waals surface area contributed by atoms with Crippen molar-refractivity contribution in [3.05, 3.63) is 71.4 Å². The first-order chi connectivity index (χ1) is 15.7. The maximum absolute atomic E-state index is 6.83. The number of fused-ring (bicyclic) bond motifs is 5. The molecule has 0 spiro atoms. The van der Waals surface area contributed by atoms with Gasteiger partial charge in [0.2, 0.25) is 5.69 Å². The Kier molecular flexibility index (Phi) is 4.13. The largest absolute Gasteiger partial charge is 0.455 e. The first-order valence-corrected chi connectivity index (χ1v) is 15.3. The van der Waals surface area contributed by atoms with E-state index in [2.05, 4.69) is 107 Å². The number of pyridine rings is 1. The molecule has 0 N–H and O–H groups in total. The molecule has 0 fully saturated rings. The van der Waals surface area contributed by atoms with E-state index in [4.69, 9.17) is 4.74 Å². The van der Waals surface area contributed by atoms with Crippen molar-refractivity contribution in [3.63, 3.8) is 0 Å². The van der Waals surface area contributed by atoms with Gasteiger partial charge in [0.1, 0.15) is 18.5 Å². The zero-order chi connectivity index (χ0) is 23.2. The van der Waals surface area contributed by atoms with Crippen molar-refractivity contribution in [3.8, 4) is 22.8 Å². The summed E-state index contributed by atoms with van der Waals surface area (Å²) in [7, 11) is 0.637. The molecule has 164 valence electrons. The van der Waals surface area contributed by atoms with Gasteiger partial charge in [-0.05, 0) is 53.9 Å². The van der Waals surface area contributed by atoms with Crippen LogP contribution in [0.4, 0.5) is 0 Å². The van der Waals surface area contributed by atoms with Crippen molar-refractivity contribution in [1.82, 2.24) is 0 Å². The number of ether oxygens (including phenoxy) is 1. The fraction of sp³-hybridized carbons (Fsp3) is 0.233. The maximum atomic E-state index is 6.83. The number of hydrogen-bond donors (Lipinski definition) is 0. The third-order valence-corrected chi connectivity index (χ3v) is 9.48. The van der Waals surface area contributed by atoms with Crippen LogP contribution in [0.5, 0.6) is 11.5 Å². The minimum Gasteiger partial charge on any atom is -0.455 e. The van der Waals surface area contributed by atoms with Crippen LogP contribution in [-0.4, -0.2) is 8.07 Å². The topological polar surface area (TPSA) is 13.1 Å². The van der Waals surface area contributed by atoms with Gasteiger partial charge >= 0.3 is 0 Å². The van der Waals surface area contributed by atoms with Crippen molar-refractivity contribution in [2.45, 2.75) is 40.4 Å². The van der Waals surface area contributed by atoms with Gasteiger partial charge in [-0.25, -0.2) is 4.57 Å². The average Bonchev–Trinajstić information content (AvgIpc) is 2.77. The molecule has 6 rings (SSSR count). The Labute approximate surface area is 196 Å². The second kappa shape index (κ2) is 6.68. The van der Waals surface area contributed by atoms with Crippen LogP contribution in [-0.2, 0) is 7.05 Å². The van der Waals surface area contributed by atoms with Crippen LogP contribution in [0.25, 0.3) is 43.6 Å². The Morgan fingerprint density at radius 3 is 2.30 bits per heavy atom. The predicted molar refractivity (Wildman–Crippen MR) is 143 cm³/mol. The van der Waals surface area contributed by atoms with Gasteiger partial charge in [0.25, 0.3) is 0 Å². The summed E-state index contributed by atoms with van der Waals surface area (Å²) in [4.78, 5) is 0. The number of benzene rings is 4. The van der Waals surface area contributed by atoms with Crippen molar-refractivity contribution in [1.29, 1.82) is 0 Å². The Bertz CT molecular complexity index is 1660. The molecule has 2 heterocycles. The van der Waals surface area contributed by atoms with Crippen LogP contribution in [0, 0.1) is 20.8 Å². The summed E-state index contributed by atoms with van der Waals surface area (Å²) in [6, 6.07) is 18.2. The highest BCUT2D eigenvalue weighted by Crippen LogP contribution is 2.51. The Morgan fingerprint density at radius 2 is 1.55 bits per heavy atom. The lowest BCUT2D eigenvalue weighted by molar-refractivity contribution is -0.659. The third-order valence-electron chi connectivity index (χ3n) is 7.42. The van der Waals surface area contributed by atoms with Gasteiger partial charge < -0.3 is 4.74 Å². The zero-order valence-electron chi connectivity index (χ0n) is 20.6. The fourth-order valence-corrected chi connectivity index (χ4v) is 7.36. The molecule has 1 aromatic heterocycles. The highest BCUT2D eigenvalue weighted by atomic mass is 28.3. The molecule has 0 aliphatic carbocycles. The monoisotopic (exact) mass is 448 g/mol. The van der Waals surface area contributed by atoms with Gasteiger partial charge in [-0.3, -0.25) is 0 Å². The molecular weight excluding hydrogens is 418 g/mol. The molecule has 0 amide bonds. The highest BCUT2D eigenvalue weighted by molar-refractivity contribution is 6.90. The number of hydrogen-bond acceptors (Lipinski definition) is 1. The lowest BCUT2D eigenvalue weighted by Crippen LogP contribution is -2.38. The third kappa shape index (κ3) is 2.75. The smallest absolute Gasteiger partial charge is 0.228 e. The lowest BCUT2D eigenvalue weighted by Gasteiger charge is -2.26. The molecule has 1 aliphatic rings. The Morgan fingerprint density at radius 1 is 0.758 bits per heavy atom. The second-order valence-corrected chi connectivity index (χ2v) is 15.7. The van der Waals surface area contributed by atoms with E-state index >= 15 is 0 Å². The van der Waals surface area contributed by atoms with Gasteiger partial charge in [-0.15, -0.1) is 0 Å². The van der Waals surface area contributed by atoms with Gasteiger partial charge in [0, 0.05) is 17.0 Å². The second-order valence-electron chi connectivity index (χ2n) is 10.7. The molecule has 0 bridgehead atoms. The molecule has 0 atom stereocenters. The van der Waals surface area contributed by atoms with Crippen LogP contribution >= 0.6 is 0 Å². The molecule has 2 nitrogen and oxygen atoms in total. The summed E-state index contributed by atoms with van der Waals surface area (Å²) in [5, 5.41) is 9.26. The summed E-state index contributed by atoms with van der Waals surface area (Å²) in [6.45, 7) is 13.9. The number of rotatable bonds is 1. The first-order valence-electron chi connectivity index (χ1n) is 11.8. The van der Waals surface area contributed by atoms with Gasteiger partial charge in [0.05, 0.1) is 19.0 Å². The lowest BCUT2D eigenvalue weighted by atomic mass is 9.88. The van der Waals surface area contributed by atoms with E-state index in [1.165, 1.54) is 65.5 Å². The molecule has 0 saturated carbocycles. The van der Waals surface area contributed by atoms with Crippen molar-refractivity contribution in [2.75, 3.05) is 0 Å². The van der Waals surface area contributed by atoms with Crippen LogP contribution < -0.4 is 14.5 Å². The fourth-order valence-electron chi connectivity index (χ4n) is 5.75. The standard InChI is InChI=1S/C30H30NOSi/c1-17-11-12-20-19(3)30-27(18(2)23(20)15-17)29-28-22(13-14-31(29)4)21-9-8-10-26(33(5,6)7)24(21)16-25(28)32-30/h8-16H,1-7H3/q+1. The van der Waals surface area contributed by atoms with Crippen LogP contribution in [0.2, 0.25) is 19.6 Å². The van der Waals surface area contributed by atoms with E-state index in [0.29, 0.717) is 0 Å². The van der Waals surface area contributed by atoms with Crippen molar-refractivity contribution < 1.29 is 9.30 Å². The molecule has 1 aliphatic heterocycles. The van der Waals surface area contributed by atoms with Gasteiger partial charge in [0.15, 0.2) is 6.20 Å². The zero-order valence-corrected chi connectivity index (χ0v) is 21.6. The quantitative estimate of drug-likeness (QED) is 0.147. The molecule has 0 unspecified atom stereocenters. The summed E-state index contributed by atoms with van der Waals surface area (Å²) >= 11 is 0. The number of nitrogens with zero attached hydrogens (tertiary/aromatic N) is 1. The van der Waals surface area contributed by atoms with E-state index in [1.54, 1.807) is 0 Å². The molecule has 0 radical (unpaired) electrons. The molecule has 33 heavy (non-hydrogen) atoms. The van der Waals surface area contributed by atoms with E-state index in [9.17, 15) is 0 Å². The number of aromatic nitrogens is 1. The van der Waals surface area contributed by atoms with Crippen LogP contribution in [0.15, 0.2) is 54.7 Å². The molecular formula is C30H30NOSi+. The summed E-state index contributed by atoms with van der Waals surface area (Å²) in [5.41, 5.74) is 6.28. The Hall–Kier alpha value is -3.17. The maximum Gasteiger partial charge on any atom is 0.228 e. The van der Waals surface area contributed by atoms with Gasteiger partial charge in [-0.2, -0.15) is 0 Å². The molecule has 5 aromatic rings. The van der Waals surface area contributed by atoms with E-state index < -0.39 is 8.07 Å². The van der Waals surface area contributed by atoms with Gasteiger partial charge in [-0.1, -0.05) is 66.8 Å². The van der Waals surface area contributed by atoms with Crippen LogP contribution in [0.3, 0.4) is 0 Å². The van der Waals surface area contributed by atoms with Crippen molar-refractivity contribution >= 4 is 45.6 Å².